The molecule has 1 amide bonds. The van der Waals surface area contributed by atoms with Crippen molar-refractivity contribution in [3.05, 3.63) is 0 Å². The van der Waals surface area contributed by atoms with Crippen LogP contribution < -0.4 is 11.1 Å². The summed E-state index contributed by atoms with van der Waals surface area (Å²) in [5.41, 5.74) is 5.72. The second kappa shape index (κ2) is 6.50. The Balaban J connectivity index is 2.34. The molecular formula is C13H27N3O2. The zero-order valence-electron chi connectivity index (χ0n) is 12.0. The molecule has 2 atom stereocenters. The van der Waals surface area contributed by atoms with Crippen LogP contribution in [0.2, 0.25) is 0 Å². The second-order valence-corrected chi connectivity index (χ2v) is 6.17. The molecule has 0 spiro atoms. The Kier molecular flexibility index (Phi) is 5.56. The summed E-state index contributed by atoms with van der Waals surface area (Å²) in [6, 6.07) is -0.353. The molecule has 0 aliphatic carbocycles. The van der Waals surface area contributed by atoms with E-state index in [1.54, 1.807) is 0 Å². The zero-order valence-corrected chi connectivity index (χ0v) is 12.0. The van der Waals surface area contributed by atoms with Crippen molar-refractivity contribution in [3.8, 4) is 0 Å². The Morgan fingerprint density at radius 1 is 1.39 bits per heavy atom. The van der Waals surface area contributed by atoms with Crippen LogP contribution in [-0.2, 0) is 9.53 Å². The molecule has 3 N–H and O–H groups in total. The van der Waals surface area contributed by atoms with Crippen LogP contribution >= 0.6 is 0 Å². The van der Waals surface area contributed by atoms with E-state index in [-0.39, 0.29) is 17.4 Å². The zero-order chi connectivity index (χ0) is 13.8. The van der Waals surface area contributed by atoms with Gasteiger partial charge in [-0.3, -0.25) is 9.69 Å². The molecule has 1 heterocycles. The van der Waals surface area contributed by atoms with Crippen molar-refractivity contribution in [3.63, 3.8) is 0 Å². The molecular weight excluding hydrogens is 230 g/mol. The van der Waals surface area contributed by atoms with Gasteiger partial charge in [0.05, 0.1) is 19.3 Å². The van der Waals surface area contributed by atoms with Gasteiger partial charge in [-0.05, 0) is 12.3 Å². The van der Waals surface area contributed by atoms with Gasteiger partial charge in [0.2, 0.25) is 5.91 Å². The standard InChI is InChI=1S/C13H27N3O2/c1-10(9-16-5-7-18-8-6-16)15-12(17)11(14)13(2,3)4/h10-11H,5-9,14H2,1-4H3,(H,15,17)/t10?,11-/m1/s1. The van der Waals surface area contributed by atoms with Crippen molar-refractivity contribution < 1.29 is 9.53 Å². The van der Waals surface area contributed by atoms with Crippen molar-refractivity contribution in [2.45, 2.75) is 39.8 Å². The van der Waals surface area contributed by atoms with Gasteiger partial charge in [-0.1, -0.05) is 20.8 Å². The summed E-state index contributed by atoms with van der Waals surface area (Å²) in [7, 11) is 0. The van der Waals surface area contributed by atoms with E-state index >= 15 is 0 Å². The Morgan fingerprint density at radius 2 is 1.94 bits per heavy atom. The van der Waals surface area contributed by atoms with Crippen molar-refractivity contribution in [2.24, 2.45) is 11.1 Å². The third-order valence-electron chi connectivity index (χ3n) is 3.24. The molecule has 0 radical (unpaired) electrons. The van der Waals surface area contributed by atoms with Crippen LogP contribution in [0.3, 0.4) is 0 Å². The van der Waals surface area contributed by atoms with E-state index in [0.717, 1.165) is 32.8 Å². The van der Waals surface area contributed by atoms with Crippen molar-refractivity contribution in [1.29, 1.82) is 0 Å². The highest BCUT2D eigenvalue weighted by Gasteiger charge is 2.28. The van der Waals surface area contributed by atoms with Crippen LogP contribution in [0.1, 0.15) is 27.7 Å². The lowest BCUT2D eigenvalue weighted by molar-refractivity contribution is -0.125. The smallest absolute Gasteiger partial charge is 0.237 e. The lowest BCUT2D eigenvalue weighted by Crippen LogP contribution is -2.53. The molecule has 0 aromatic heterocycles. The first-order chi connectivity index (χ1) is 8.30. The van der Waals surface area contributed by atoms with Gasteiger partial charge in [0.25, 0.3) is 0 Å². The maximum atomic E-state index is 12.0. The lowest BCUT2D eigenvalue weighted by atomic mass is 9.87. The fourth-order valence-electron chi connectivity index (χ4n) is 1.94. The number of carbonyl (C=O) groups is 1. The van der Waals surface area contributed by atoms with Crippen LogP contribution in [0.15, 0.2) is 0 Å². The molecule has 0 saturated carbocycles. The van der Waals surface area contributed by atoms with E-state index in [1.165, 1.54) is 0 Å². The predicted molar refractivity (Wildman–Crippen MR) is 72.3 cm³/mol. The van der Waals surface area contributed by atoms with Crippen LogP contribution in [0.5, 0.6) is 0 Å². The number of carbonyl (C=O) groups excluding carboxylic acids is 1. The molecule has 1 aliphatic heterocycles. The highest BCUT2D eigenvalue weighted by Crippen LogP contribution is 2.17. The van der Waals surface area contributed by atoms with Gasteiger partial charge in [0.1, 0.15) is 0 Å². The molecule has 1 saturated heterocycles. The SMILES string of the molecule is CC(CN1CCOCC1)NC(=O)[C@@H](N)C(C)(C)C. The molecule has 5 nitrogen and oxygen atoms in total. The molecule has 5 heteroatoms. The molecule has 1 aliphatic rings. The summed E-state index contributed by atoms with van der Waals surface area (Å²) < 4.78 is 5.30. The molecule has 1 fully saturated rings. The van der Waals surface area contributed by atoms with Gasteiger partial charge < -0.3 is 15.8 Å². The molecule has 1 unspecified atom stereocenters. The van der Waals surface area contributed by atoms with E-state index in [2.05, 4.69) is 10.2 Å². The summed E-state index contributed by atoms with van der Waals surface area (Å²) in [5.74, 6) is -0.0664. The number of hydrogen-bond acceptors (Lipinski definition) is 4. The fourth-order valence-corrected chi connectivity index (χ4v) is 1.94. The van der Waals surface area contributed by atoms with Gasteiger partial charge in [0, 0.05) is 25.7 Å². The number of hydrogen-bond donors (Lipinski definition) is 2. The number of amides is 1. The highest BCUT2D eigenvalue weighted by molar-refractivity contribution is 5.82. The molecule has 0 aromatic carbocycles. The third-order valence-corrected chi connectivity index (χ3v) is 3.24. The van der Waals surface area contributed by atoms with Crippen molar-refractivity contribution >= 4 is 5.91 Å². The Bertz CT molecular complexity index is 270. The van der Waals surface area contributed by atoms with Gasteiger partial charge in [-0.25, -0.2) is 0 Å². The number of nitrogens with zero attached hydrogens (tertiary/aromatic N) is 1. The van der Waals surface area contributed by atoms with Gasteiger partial charge in [0.15, 0.2) is 0 Å². The predicted octanol–water partition coefficient (Wildman–Crippen LogP) is 0.197. The summed E-state index contributed by atoms with van der Waals surface area (Å²) in [6.07, 6.45) is 0. The van der Waals surface area contributed by atoms with Crippen LogP contribution in [0, 0.1) is 5.41 Å². The minimum atomic E-state index is -0.468. The van der Waals surface area contributed by atoms with Crippen LogP contribution in [0.4, 0.5) is 0 Å². The average molecular weight is 257 g/mol. The van der Waals surface area contributed by atoms with E-state index in [4.69, 9.17) is 10.5 Å². The monoisotopic (exact) mass is 257 g/mol. The van der Waals surface area contributed by atoms with E-state index in [9.17, 15) is 4.79 Å². The topological polar surface area (TPSA) is 67.6 Å². The Labute approximate surface area is 110 Å². The number of ether oxygens (including phenoxy) is 1. The van der Waals surface area contributed by atoms with E-state index < -0.39 is 6.04 Å². The van der Waals surface area contributed by atoms with E-state index in [1.807, 2.05) is 27.7 Å². The van der Waals surface area contributed by atoms with Gasteiger partial charge in [-0.15, -0.1) is 0 Å². The molecule has 18 heavy (non-hydrogen) atoms. The minimum absolute atomic E-state index is 0.0664. The van der Waals surface area contributed by atoms with Crippen LogP contribution in [-0.4, -0.2) is 55.7 Å². The van der Waals surface area contributed by atoms with Crippen LogP contribution in [0.25, 0.3) is 0 Å². The quantitative estimate of drug-likeness (QED) is 0.755. The first kappa shape index (κ1) is 15.4. The number of morpholine rings is 1. The number of nitrogens with one attached hydrogen (secondary N) is 1. The third kappa shape index (κ3) is 4.92. The van der Waals surface area contributed by atoms with Crippen molar-refractivity contribution in [2.75, 3.05) is 32.8 Å². The summed E-state index contributed by atoms with van der Waals surface area (Å²) >= 11 is 0. The first-order valence-electron chi connectivity index (χ1n) is 6.67. The van der Waals surface area contributed by atoms with Gasteiger partial charge in [-0.2, -0.15) is 0 Å². The Hall–Kier alpha value is -0.650. The summed E-state index contributed by atoms with van der Waals surface area (Å²) in [4.78, 5) is 14.3. The number of nitrogens with two attached hydrogens (primary N) is 1. The fraction of sp³-hybridized carbons (Fsp3) is 0.923. The maximum Gasteiger partial charge on any atom is 0.237 e. The summed E-state index contributed by atoms with van der Waals surface area (Å²) in [5, 5.41) is 2.99. The first-order valence-corrected chi connectivity index (χ1v) is 6.67. The average Bonchev–Trinajstić information content (AvgIpc) is 2.27. The highest BCUT2D eigenvalue weighted by atomic mass is 16.5. The molecule has 106 valence electrons. The minimum Gasteiger partial charge on any atom is -0.379 e. The molecule has 1 rings (SSSR count). The maximum absolute atomic E-state index is 12.0. The molecule has 0 aromatic rings. The Morgan fingerprint density at radius 3 is 2.44 bits per heavy atom. The van der Waals surface area contributed by atoms with Crippen molar-refractivity contribution in [1.82, 2.24) is 10.2 Å². The largest absolute Gasteiger partial charge is 0.379 e. The lowest BCUT2D eigenvalue weighted by Gasteiger charge is -2.31. The summed E-state index contributed by atoms with van der Waals surface area (Å²) in [6.45, 7) is 12.2. The molecule has 0 bridgehead atoms. The number of rotatable bonds is 4. The normalized spacial score (nSPS) is 21.4. The van der Waals surface area contributed by atoms with Gasteiger partial charge >= 0.3 is 0 Å². The van der Waals surface area contributed by atoms with E-state index in [0.29, 0.717) is 0 Å². The second-order valence-electron chi connectivity index (χ2n) is 6.17.